The molecule has 7 heteroatoms. The van der Waals surface area contributed by atoms with Gasteiger partial charge in [-0.2, -0.15) is 0 Å². The lowest BCUT2D eigenvalue weighted by molar-refractivity contribution is -0.123. The molecule has 0 fully saturated rings. The van der Waals surface area contributed by atoms with E-state index in [0.717, 1.165) is 28.8 Å². The number of carbonyl (C=O) groups excluding carboxylic acids is 1. The number of ether oxygens (including phenoxy) is 2. The van der Waals surface area contributed by atoms with Gasteiger partial charge < -0.3 is 19.8 Å². The Balaban J connectivity index is 1.41. The molecular formula is C24H22BrN3O3. The minimum Gasteiger partial charge on any atom is -0.493 e. The molecule has 0 aliphatic rings. The molecule has 1 amide bonds. The lowest BCUT2D eigenvalue weighted by Gasteiger charge is -2.14. The maximum atomic E-state index is 12.2. The Bertz CT molecular complexity index is 1160. The van der Waals surface area contributed by atoms with Crippen molar-refractivity contribution in [3.8, 4) is 22.9 Å². The normalized spacial score (nSPS) is 10.8. The highest BCUT2D eigenvalue weighted by Gasteiger charge is 2.16. The SMILES string of the molecule is COc1cc(-c2nc3ccccc3[nH]2)cc(Br)c1OCC(=O)NCCc1ccccc1. The first kappa shape index (κ1) is 20.9. The number of carbonyl (C=O) groups is 1. The van der Waals surface area contributed by atoms with Gasteiger partial charge in [-0.25, -0.2) is 4.98 Å². The number of amides is 1. The summed E-state index contributed by atoms with van der Waals surface area (Å²) >= 11 is 3.53. The van der Waals surface area contributed by atoms with Crippen LogP contribution in [0.1, 0.15) is 5.56 Å². The Labute approximate surface area is 188 Å². The van der Waals surface area contributed by atoms with Gasteiger partial charge in [0.15, 0.2) is 18.1 Å². The van der Waals surface area contributed by atoms with E-state index >= 15 is 0 Å². The van der Waals surface area contributed by atoms with Gasteiger partial charge in [0, 0.05) is 12.1 Å². The summed E-state index contributed by atoms with van der Waals surface area (Å²) < 4.78 is 11.9. The van der Waals surface area contributed by atoms with E-state index in [1.165, 1.54) is 5.56 Å². The number of hydrogen-bond acceptors (Lipinski definition) is 4. The van der Waals surface area contributed by atoms with Crippen LogP contribution in [0.4, 0.5) is 0 Å². The molecule has 0 atom stereocenters. The number of para-hydroxylation sites is 2. The number of aromatic amines is 1. The van der Waals surface area contributed by atoms with Crippen molar-refractivity contribution in [3.05, 3.63) is 76.8 Å². The lowest BCUT2D eigenvalue weighted by atomic mass is 10.1. The highest BCUT2D eigenvalue weighted by Crippen LogP contribution is 2.39. The van der Waals surface area contributed by atoms with Crippen molar-refractivity contribution in [3.63, 3.8) is 0 Å². The van der Waals surface area contributed by atoms with Crippen LogP contribution in [0.2, 0.25) is 0 Å². The first-order chi connectivity index (χ1) is 15.1. The second kappa shape index (κ2) is 9.66. The van der Waals surface area contributed by atoms with E-state index in [0.29, 0.717) is 22.5 Å². The molecule has 1 aromatic heterocycles. The molecular weight excluding hydrogens is 458 g/mol. The largest absolute Gasteiger partial charge is 0.493 e. The maximum Gasteiger partial charge on any atom is 0.257 e. The Morgan fingerprint density at radius 2 is 1.87 bits per heavy atom. The Hall–Kier alpha value is -3.32. The van der Waals surface area contributed by atoms with Crippen molar-refractivity contribution in [2.45, 2.75) is 6.42 Å². The number of fused-ring (bicyclic) bond motifs is 1. The molecule has 0 unspecified atom stereocenters. The predicted molar refractivity (Wildman–Crippen MR) is 124 cm³/mol. The number of imidazole rings is 1. The van der Waals surface area contributed by atoms with Crippen LogP contribution in [0.15, 0.2) is 71.2 Å². The second-order valence-corrected chi connectivity index (χ2v) is 7.82. The smallest absolute Gasteiger partial charge is 0.257 e. The van der Waals surface area contributed by atoms with Crippen LogP contribution in [0, 0.1) is 0 Å². The summed E-state index contributed by atoms with van der Waals surface area (Å²) in [4.78, 5) is 20.1. The fourth-order valence-electron chi connectivity index (χ4n) is 3.27. The standard InChI is InChI=1S/C24H22BrN3O3/c1-30-21-14-17(24-27-19-9-5-6-10-20(19)28-24)13-18(25)23(21)31-15-22(29)26-12-11-16-7-3-2-4-8-16/h2-10,13-14H,11-12,15H2,1H3,(H,26,29)(H,27,28). The number of nitrogens with zero attached hydrogens (tertiary/aromatic N) is 1. The molecule has 1 heterocycles. The zero-order chi connectivity index (χ0) is 21.6. The van der Waals surface area contributed by atoms with Crippen LogP contribution in [0.5, 0.6) is 11.5 Å². The van der Waals surface area contributed by atoms with E-state index in [1.54, 1.807) is 7.11 Å². The zero-order valence-electron chi connectivity index (χ0n) is 17.0. The topological polar surface area (TPSA) is 76.2 Å². The van der Waals surface area contributed by atoms with Gasteiger partial charge in [0.05, 0.1) is 22.6 Å². The fourth-order valence-corrected chi connectivity index (χ4v) is 3.82. The molecule has 0 saturated heterocycles. The average Bonchev–Trinajstić information content (AvgIpc) is 3.23. The molecule has 4 rings (SSSR count). The van der Waals surface area contributed by atoms with E-state index < -0.39 is 0 Å². The third-order valence-corrected chi connectivity index (χ3v) is 5.41. The third-order valence-electron chi connectivity index (χ3n) is 4.82. The van der Waals surface area contributed by atoms with E-state index in [4.69, 9.17) is 9.47 Å². The number of methoxy groups -OCH3 is 1. The minimum atomic E-state index is -0.189. The van der Waals surface area contributed by atoms with Crippen LogP contribution >= 0.6 is 15.9 Å². The van der Waals surface area contributed by atoms with Crippen molar-refractivity contribution in [2.75, 3.05) is 20.3 Å². The molecule has 0 saturated carbocycles. The Kier molecular flexibility index (Phi) is 6.52. The van der Waals surface area contributed by atoms with E-state index in [2.05, 4.69) is 31.2 Å². The molecule has 3 aromatic carbocycles. The van der Waals surface area contributed by atoms with Crippen molar-refractivity contribution in [1.82, 2.24) is 15.3 Å². The molecule has 0 aliphatic heterocycles. The van der Waals surface area contributed by atoms with Crippen molar-refractivity contribution in [1.29, 1.82) is 0 Å². The van der Waals surface area contributed by atoms with Crippen molar-refractivity contribution in [2.24, 2.45) is 0 Å². The van der Waals surface area contributed by atoms with E-state index in [1.807, 2.05) is 66.7 Å². The second-order valence-electron chi connectivity index (χ2n) is 6.97. The number of hydrogen-bond donors (Lipinski definition) is 2. The summed E-state index contributed by atoms with van der Waals surface area (Å²) in [6.45, 7) is 0.448. The summed E-state index contributed by atoms with van der Waals surface area (Å²) in [5.74, 6) is 1.53. The van der Waals surface area contributed by atoms with Gasteiger partial charge in [-0.1, -0.05) is 42.5 Å². The Morgan fingerprint density at radius 3 is 2.65 bits per heavy atom. The van der Waals surface area contributed by atoms with Gasteiger partial charge in [-0.3, -0.25) is 4.79 Å². The molecule has 31 heavy (non-hydrogen) atoms. The van der Waals surface area contributed by atoms with Crippen molar-refractivity contribution < 1.29 is 14.3 Å². The first-order valence-corrected chi connectivity index (χ1v) is 10.7. The molecule has 6 nitrogen and oxygen atoms in total. The summed E-state index contributed by atoms with van der Waals surface area (Å²) in [6.07, 6.45) is 0.770. The lowest BCUT2D eigenvalue weighted by Crippen LogP contribution is -2.30. The number of benzene rings is 3. The monoisotopic (exact) mass is 479 g/mol. The quantitative estimate of drug-likeness (QED) is 0.382. The first-order valence-electron chi connectivity index (χ1n) is 9.90. The number of aromatic nitrogens is 2. The van der Waals surface area contributed by atoms with Crippen LogP contribution in [0.3, 0.4) is 0 Å². The van der Waals surface area contributed by atoms with Gasteiger partial charge in [0.1, 0.15) is 5.82 Å². The van der Waals surface area contributed by atoms with Gasteiger partial charge >= 0.3 is 0 Å². The number of halogens is 1. The van der Waals surface area contributed by atoms with Gasteiger partial charge in [-0.15, -0.1) is 0 Å². The summed E-state index contributed by atoms with van der Waals surface area (Å²) in [5, 5.41) is 2.88. The molecule has 2 N–H and O–H groups in total. The molecule has 0 bridgehead atoms. The molecule has 0 radical (unpaired) electrons. The van der Waals surface area contributed by atoms with Crippen LogP contribution in [-0.2, 0) is 11.2 Å². The van der Waals surface area contributed by atoms with Crippen LogP contribution in [0.25, 0.3) is 22.4 Å². The minimum absolute atomic E-state index is 0.103. The third kappa shape index (κ3) is 5.06. The van der Waals surface area contributed by atoms with Crippen LogP contribution in [-0.4, -0.2) is 36.1 Å². The molecule has 0 aliphatic carbocycles. The summed E-state index contributed by atoms with van der Waals surface area (Å²) in [5.41, 5.74) is 3.87. The molecule has 4 aromatic rings. The van der Waals surface area contributed by atoms with Crippen molar-refractivity contribution >= 4 is 32.9 Å². The number of rotatable bonds is 8. The van der Waals surface area contributed by atoms with Gasteiger partial charge in [0.2, 0.25) is 0 Å². The predicted octanol–water partition coefficient (Wildman–Crippen LogP) is 4.74. The average molecular weight is 480 g/mol. The Morgan fingerprint density at radius 1 is 1.10 bits per heavy atom. The summed E-state index contributed by atoms with van der Waals surface area (Å²) in [6, 6.07) is 21.6. The highest BCUT2D eigenvalue weighted by atomic mass is 79.9. The fraction of sp³-hybridized carbons (Fsp3) is 0.167. The van der Waals surface area contributed by atoms with E-state index in [-0.39, 0.29) is 12.5 Å². The molecule has 0 spiro atoms. The van der Waals surface area contributed by atoms with Crippen LogP contribution < -0.4 is 14.8 Å². The van der Waals surface area contributed by atoms with E-state index in [9.17, 15) is 4.79 Å². The maximum absolute atomic E-state index is 12.2. The number of H-pyrrole nitrogens is 1. The van der Waals surface area contributed by atoms with Gasteiger partial charge in [-0.05, 0) is 52.2 Å². The zero-order valence-corrected chi connectivity index (χ0v) is 18.6. The highest BCUT2D eigenvalue weighted by molar-refractivity contribution is 9.10. The number of nitrogens with one attached hydrogen (secondary N) is 2. The van der Waals surface area contributed by atoms with Gasteiger partial charge in [0.25, 0.3) is 5.91 Å². The molecule has 158 valence electrons. The summed E-state index contributed by atoms with van der Waals surface area (Å²) in [7, 11) is 1.57.